The van der Waals surface area contributed by atoms with Gasteiger partial charge in [-0.05, 0) is 39.0 Å². The van der Waals surface area contributed by atoms with Gasteiger partial charge in [0.2, 0.25) is 5.91 Å². The highest BCUT2D eigenvalue weighted by Gasteiger charge is 2.24. The minimum absolute atomic E-state index is 0.0942. The lowest BCUT2D eigenvalue weighted by Gasteiger charge is -2.24. The van der Waals surface area contributed by atoms with E-state index < -0.39 is 11.4 Å². The molecule has 0 saturated carbocycles. The molecule has 17 heavy (non-hydrogen) atoms. The van der Waals surface area contributed by atoms with Gasteiger partial charge in [0.1, 0.15) is 5.54 Å². The molecule has 0 atom stereocenters. The van der Waals surface area contributed by atoms with E-state index in [1.54, 1.807) is 32.0 Å². The summed E-state index contributed by atoms with van der Waals surface area (Å²) in [5.74, 6) is -0.560. The van der Waals surface area contributed by atoms with Crippen molar-refractivity contribution in [2.75, 3.05) is 11.1 Å². The first-order chi connectivity index (χ1) is 7.74. The van der Waals surface area contributed by atoms with E-state index in [4.69, 9.17) is 11.5 Å². The number of hydrogen-bond donors (Lipinski definition) is 3. The van der Waals surface area contributed by atoms with Crippen molar-refractivity contribution in [1.29, 1.82) is 0 Å². The zero-order valence-corrected chi connectivity index (χ0v) is 10.2. The van der Waals surface area contributed by atoms with Crippen LogP contribution in [-0.2, 0) is 4.79 Å². The lowest BCUT2D eigenvalue weighted by molar-refractivity contribution is -0.121. The number of Topliss-reactive ketones (excluding diaryl/α,β-unsaturated/α-hetero) is 1. The van der Waals surface area contributed by atoms with Crippen LogP contribution < -0.4 is 16.8 Å². The summed E-state index contributed by atoms with van der Waals surface area (Å²) in [6.07, 6.45) is 0. The first-order valence-electron chi connectivity index (χ1n) is 5.22. The number of primary amides is 1. The number of benzene rings is 1. The van der Waals surface area contributed by atoms with Crippen LogP contribution in [-0.4, -0.2) is 17.2 Å². The van der Waals surface area contributed by atoms with Crippen molar-refractivity contribution < 1.29 is 9.59 Å². The molecule has 0 fully saturated rings. The number of amides is 1. The Kier molecular flexibility index (Phi) is 3.41. The highest BCUT2D eigenvalue weighted by Crippen LogP contribution is 2.21. The lowest BCUT2D eigenvalue weighted by Crippen LogP contribution is -2.45. The molecule has 0 aliphatic carbocycles. The standard InChI is InChI=1S/C12H17N3O2/c1-7(16)9-5-4-8(6-10(9)13)15-12(2,3)11(14)17/h4-6,15H,13H2,1-3H3,(H2,14,17). The maximum absolute atomic E-state index is 11.2. The molecule has 0 spiro atoms. The number of carbonyl (C=O) groups excluding carboxylic acids is 2. The summed E-state index contributed by atoms with van der Waals surface area (Å²) in [6, 6.07) is 4.93. The van der Waals surface area contributed by atoms with Crippen molar-refractivity contribution in [3.05, 3.63) is 23.8 Å². The van der Waals surface area contributed by atoms with Crippen molar-refractivity contribution in [2.24, 2.45) is 5.73 Å². The summed E-state index contributed by atoms with van der Waals surface area (Å²) in [4.78, 5) is 22.4. The highest BCUT2D eigenvalue weighted by atomic mass is 16.1. The highest BCUT2D eigenvalue weighted by molar-refractivity contribution is 5.99. The van der Waals surface area contributed by atoms with Crippen molar-refractivity contribution in [2.45, 2.75) is 26.3 Å². The smallest absolute Gasteiger partial charge is 0.242 e. The molecule has 1 amide bonds. The fraction of sp³-hybridized carbons (Fsp3) is 0.333. The topological polar surface area (TPSA) is 98.2 Å². The molecule has 0 bridgehead atoms. The van der Waals surface area contributed by atoms with Gasteiger partial charge in [0.25, 0.3) is 0 Å². The normalized spacial score (nSPS) is 11.0. The molecule has 92 valence electrons. The summed E-state index contributed by atoms with van der Waals surface area (Å²) in [6.45, 7) is 4.79. The molecule has 0 aliphatic heterocycles. The number of anilines is 2. The Balaban J connectivity index is 2.99. The van der Waals surface area contributed by atoms with Crippen molar-refractivity contribution in [1.82, 2.24) is 0 Å². The molecule has 5 heteroatoms. The van der Waals surface area contributed by atoms with E-state index in [2.05, 4.69) is 5.32 Å². The third-order valence-electron chi connectivity index (χ3n) is 2.50. The quantitative estimate of drug-likeness (QED) is 0.538. The molecule has 0 unspecified atom stereocenters. The largest absolute Gasteiger partial charge is 0.398 e. The van der Waals surface area contributed by atoms with Crippen molar-refractivity contribution >= 4 is 23.1 Å². The Morgan fingerprint density at radius 3 is 2.29 bits per heavy atom. The van der Waals surface area contributed by atoms with Gasteiger partial charge in [-0.1, -0.05) is 0 Å². The molecular formula is C12H17N3O2. The van der Waals surface area contributed by atoms with E-state index in [9.17, 15) is 9.59 Å². The third kappa shape index (κ3) is 2.96. The summed E-state index contributed by atoms with van der Waals surface area (Å²) in [7, 11) is 0. The Morgan fingerprint density at radius 1 is 1.29 bits per heavy atom. The van der Waals surface area contributed by atoms with Gasteiger partial charge in [0.05, 0.1) is 0 Å². The average molecular weight is 235 g/mol. The van der Waals surface area contributed by atoms with Crippen LogP contribution in [0.25, 0.3) is 0 Å². The van der Waals surface area contributed by atoms with E-state index in [1.165, 1.54) is 6.92 Å². The second kappa shape index (κ2) is 4.45. The summed E-state index contributed by atoms with van der Waals surface area (Å²) in [5, 5.41) is 2.96. The average Bonchev–Trinajstić information content (AvgIpc) is 2.15. The van der Waals surface area contributed by atoms with Crippen LogP contribution in [0.4, 0.5) is 11.4 Å². The van der Waals surface area contributed by atoms with Gasteiger partial charge >= 0.3 is 0 Å². The zero-order valence-electron chi connectivity index (χ0n) is 10.2. The van der Waals surface area contributed by atoms with E-state index in [0.717, 1.165) is 0 Å². The maximum Gasteiger partial charge on any atom is 0.242 e. The molecule has 0 saturated heterocycles. The van der Waals surface area contributed by atoms with Crippen LogP contribution in [0.1, 0.15) is 31.1 Å². The molecule has 0 radical (unpaired) electrons. The second-order valence-corrected chi connectivity index (χ2v) is 4.47. The lowest BCUT2D eigenvalue weighted by atomic mass is 10.0. The predicted molar refractivity (Wildman–Crippen MR) is 67.8 cm³/mol. The van der Waals surface area contributed by atoms with E-state index in [-0.39, 0.29) is 5.78 Å². The fourth-order valence-electron chi connectivity index (χ4n) is 1.38. The molecular weight excluding hydrogens is 218 g/mol. The van der Waals surface area contributed by atoms with Gasteiger partial charge in [-0.15, -0.1) is 0 Å². The van der Waals surface area contributed by atoms with Crippen LogP contribution in [0, 0.1) is 0 Å². The number of hydrogen-bond acceptors (Lipinski definition) is 4. The summed E-state index contributed by atoms with van der Waals surface area (Å²) < 4.78 is 0. The van der Waals surface area contributed by atoms with E-state index in [1.807, 2.05) is 0 Å². The molecule has 1 rings (SSSR count). The molecule has 0 heterocycles. The molecule has 0 aliphatic rings. The maximum atomic E-state index is 11.2. The second-order valence-electron chi connectivity index (χ2n) is 4.47. The molecule has 0 aromatic heterocycles. The van der Waals surface area contributed by atoms with Gasteiger partial charge in [0.15, 0.2) is 5.78 Å². The first-order valence-corrected chi connectivity index (χ1v) is 5.22. The van der Waals surface area contributed by atoms with Crippen LogP contribution in [0.5, 0.6) is 0 Å². The number of nitrogen functional groups attached to an aromatic ring is 1. The fourth-order valence-corrected chi connectivity index (χ4v) is 1.38. The number of nitrogens with one attached hydrogen (secondary N) is 1. The number of ketones is 1. The predicted octanol–water partition coefficient (Wildman–Crippen LogP) is 1.15. The minimum Gasteiger partial charge on any atom is -0.398 e. The van der Waals surface area contributed by atoms with Gasteiger partial charge in [-0.25, -0.2) is 0 Å². The monoisotopic (exact) mass is 235 g/mol. The molecule has 1 aromatic carbocycles. The summed E-state index contributed by atoms with van der Waals surface area (Å²) >= 11 is 0. The molecule has 5 N–H and O–H groups in total. The summed E-state index contributed by atoms with van der Waals surface area (Å²) in [5.41, 5.74) is 11.6. The minimum atomic E-state index is -0.871. The molecule has 5 nitrogen and oxygen atoms in total. The van der Waals surface area contributed by atoms with Gasteiger partial charge in [0, 0.05) is 16.9 Å². The first kappa shape index (κ1) is 13.0. The van der Waals surface area contributed by atoms with E-state index >= 15 is 0 Å². The van der Waals surface area contributed by atoms with Crippen molar-refractivity contribution in [3.8, 4) is 0 Å². The SMILES string of the molecule is CC(=O)c1ccc(NC(C)(C)C(N)=O)cc1N. The Hall–Kier alpha value is -2.04. The van der Waals surface area contributed by atoms with Gasteiger partial charge in [-0.3, -0.25) is 9.59 Å². The van der Waals surface area contributed by atoms with Gasteiger partial charge < -0.3 is 16.8 Å². The Bertz CT molecular complexity index is 467. The van der Waals surface area contributed by atoms with Crippen LogP contribution in [0.2, 0.25) is 0 Å². The number of rotatable bonds is 4. The van der Waals surface area contributed by atoms with Gasteiger partial charge in [-0.2, -0.15) is 0 Å². The van der Waals surface area contributed by atoms with Crippen molar-refractivity contribution in [3.63, 3.8) is 0 Å². The molecule has 1 aromatic rings. The number of nitrogens with two attached hydrogens (primary N) is 2. The van der Waals surface area contributed by atoms with Crippen LogP contribution >= 0.6 is 0 Å². The van der Waals surface area contributed by atoms with Crippen LogP contribution in [0.3, 0.4) is 0 Å². The third-order valence-corrected chi connectivity index (χ3v) is 2.50. The Labute approximate surface area is 100 Å². The number of carbonyl (C=O) groups is 2. The van der Waals surface area contributed by atoms with Crippen LogP contribution in [0.15, 0.2) is 18.2 Å². The van der Waals surface area contributed by atoms with E-state index in [0.29, 0.717) is 16.9 Å². The Morgan fingerprint density at radius 2 is 1.88 bits per heavy atom. The zero-order chi connectivity index (χ0) is 13.2.